The minimum absolute atomic E-state index is 0.00448. The Morgan fingerprint density at radius 2 is 1.95 bits per heavy atom. The number of benzene rings is 1. The summed E-state index contributed by atoms with van der Waals surface area (Å²) in [5.41, 5.74) is -0.00448. The van der Waals surface area contributed by atoms with Crippen LogP contribution in [-0.4, -0.2) is 27.1 Å². The number of nitrogens with one attached hydrogen (secondary N) is 2. The minimum Gasteiger partial charge on any atom is -0.326 e. The molecule has 11 heteroatoms. The summed E-state index contributed by atoms with van der Waals surface area (Å²) in [5.74, 6) is -1.76. The first-order valence-corrected chi connectivity index (χ1v) is 6.77. The van der Waals surface area contributed by atoms with E-state index in [4.69, 9.17) is 0 Å². The first kappa shape index (κ1) is 17.3. The molecule has 0 aliphatic rings. The molecule has 6 nitrogen and oxygen atoms in total. The van der Waals surface area contributed by atoms with E-state index in [2.05, 4.69) is 10.2 Å². The number of amides is 1. The molecular formula is C10H10F4N2O4S. The van der Waals surface area contributed by atoms with Crippen LogP contribution in [-0.2, 0) is 19.7 Å². The monoisotopic (exact) mass is 330 g/mol. The van der Waals surface area contributed by atoms with Gasteiger partial charge in [0.1, 0.15) is 10.7 Å². The molecule has 0 atom stereocenters. The third-order valence-corrected chi connectivity index (χ3v) is 3.19. The van der Waals surface area contributed by atoms with Crippen LogP contribution >= 0.6 is 0 Å². The number of carbonyl (C=O) groups is 1. The van der Waals surface area contributed by atoms with E-state index in [-0.39, 0.29) is 5.69 Å². The summed E-state index contributed by atoms with van der Waals surface area (Å²) in [4.78, 5) is 14.8. The number of halogens is 4. The first-order valence-electron chi connectivity index (χ1n) is 5.29. The summed E-state index contributed by atoms with van der Waals surface area (Å²) in [6, 6.07) is 2.56. The lowest BCUT2D eigenvalue weighted by Crippen LogP contribution is -2.30. The van der Waals surface area contributed by atoms with E-state index in [1.807, 2.05) is 0 Å². The zero-order valence-electron chi connectivity index (χ0n) is 10.5. The number of hydrogen-bond acceptors (Lipinski definition) is 4. The van der Waals surface area contributed by atoms with Crippen LogP contribution in [0, 0.1) is 5.82 Å². The third kappa shape index (κ3) is 5.65. The Kier molecular flexibility index (Phi) is 5.25. The lowest BCUT2D eigenvalue weighted by atomic mass is 10.3. The van der Waals surface area contributed by atoms with Crippen LogP contribution < -0.4 is 10.2 Å². The van der Waals surface area contributed by atoms with Crippen molar-refractivity contribution < 1.29 is 35.6 Å². The molecule has 0 aliphatic heterocycles. The molecule has 0 unspecified atom stereocenters. The summed E-state index contributed by atoms with van der Waals surface area (Å²) in [6.07, 6.45) is -4.74. The van der Waals surface area contributed by atoms with E-state index >= 15 is 0 Å². The van der Waals surface area contributed by atoms with Crippen molar-refractivity contribution in [2.24, 2.45) is 0 Å². The highest BCUT2D eigenvalue weighted by atomic mass is 32.2. The number of alkyl halides is 3. The molecule has 0 heterocycles. The lowest BCUT2D eigenvalue weighted by Gasteiger charge is -2.10. The molecule has 0 saturated heterocycles. The zero-order chi connectivity index (χ0) is 16.3. The Morgan fingerprint density at radius 3 is 2.43 bits per heavy atom. The Balaban J connectivity index is 2.86. The second-order valence-electron chi connectivity index (χ2n) is 3.82. The van der Waals surface area contributed by atoms with Crippen molar-refractivity contribution in [3.63, 3.8) is 0 Å². The van der Waals surface area contributed by atoms with Gasteiger partial charge in [-0.3, -0.25) is 9.63 Å². The van der Waals surface area contributed by atoms with Gasteiger partial charge in [-0.05, 0) is 18.2 Å². The van der Waals surface area contributed by atoms with Crippen molar-refractivity contribution >= 4 is 21.6 Å². The third-order valence-electron chi connectivity index (χ3n) is 1.95. The van der Waals surface area contributed by atoms with Gasteiger partial charge in [0.15, 0.2) is 6.61 Å². The summed E-state index contributed by atoms with van der Waals surface area (Å²) >= 11 is 0. The number of hydrogen-bond donors (Lipinski definition) is 2. The predicted molar refractivity (Wildman–Crippen MR) is 63.0 cm³/mol. The van der Waals surface area contributed by atoms with Gasteiger partial charge < -0.3 is 5.32 Å². The van der Waals surface area contributed by atoms with Gasteiger partial charge in [0, 0.05) is 12.6 Å². The maximum atomic E-state index is 13.6. The molecule has 1 aromatic carbocycles. The second-order valence-corrected chi connectivity index (χ2v) is 5.43. The highest BCUT2D eigenvalue weighted by Gasteiger charge is 2.29. The van der Waals surface area contributed by atoms with Crippen molar-refractivity contribution in [1.29, 1.82) is 0 Å². The molecule has 0 spiro atoms. The van der Waals surface area contributed by atoms with E-state index in [1.165, 1.54) is 0 Å². The number of anilines is 1. The van der Waals surface area contributed by atoms with Gasteiger partial charge in [-0.1, -0.05) is 4.89 Å². The van der Waals surface area contributed by atoms with Crippen LogP contribution in [0.1, 0.15) is 6.92 Å². The van der Waals surface area contributed by atoms with E-state index in [0.717, 1.165) is 23.9 Å². The molecule has 0 fully saturated rings. The maximum absolute atomic E-state index is 13.6. The van der Waals surface area contributed by atoms with Gasteiger partial charge in [-0.2, -0.15) is 13.2 Å². The van der Waals surface area contributed by atoms with E-state index in [0.29, 0.717) is 6.07 Å². The number of sulfonamides is 1. The molecular weight excluding hydrogens is 320 g/mol. The Bertz CT molecular complexity index is 630. The molecule has 21 heavy (non-hydrogen) atoms. The molecule has 2 N–H and O–H groups in total. The molecule has 0 bridgehead atoms. The molecule has 1 aromatic rings. The Morgan fingerprint density at radius 1 is 1.33 bits per heavy atom. The average Bonchev–Trinajstić information content (AvgIpc) is 2.25. The second kappa shape index (κ2) is 6.37. The topological polar surface area (TPSA) is 84.5 Å². The molecule has 1 rings (SSSR count). The fraction of sp³-hybridized carbons (Fsp3) is 0.300. The average molecular weight is 330 g/mol. The molecule has 0 saturated carbocycles. The smallest absolute Gasteiger partial charge is 0.326 e. The number of rotatable bonds is 5. The van der Waals surface area contributed by atoms with Crippen molar-refractivity contribution in [2.45, 2.75) is 18.0 Å². The zero-order valence-corrected chi connectivity index (χ0v) is 11.3. The van der Waals surface area contributed by atoms with Crippen LogP contribution in [0.15, 0.2) is 23.1 Å². The maximum Gasteiger partial charge on any atom is 0.413 e. The summed E-state index contributed by atoms with van der Waals surface area (Å²) < 4.78 is 72.1. The van der Waals surface area contributed by atoms with Gasteiger partial charge >= 0.3 is 6.18 Å². The van der Waals surface area contributed by atoms with Crippen LogP contribution in [0.3, 0.4) is 0 Å². The first-order chi connectivity index (χ1) is 9.51. The number of carbonyl (C=O) groups excluding carboxylic acids is 1. The quantitative estimate of drug-likeness (QED) is 0.634. The highest BCUT2D eigenvalue weighted by molar-refractivity contribution is 7.89. The van der Waals surface area contributed by atoms with Crippen LogP contribution in [0.5, 0.6) is 0 Å². The van der Waals surface area contributed by atoms with E-state index < -0.39 is 39.4 Å². The van der Waals surface area contributed by atoms with Gasteiger partial charge in [-0.25, -0.2) is 12.8 Å². The molecule has 1 amide bonds. The van der Waals surface area contributed by atoms with E-state index in [9.17, 15) is 30.8 Å². The predicted octanol–water partition coefficient (Wildman–Crippen LogP) is 1.56. The minimum atomic E-state index is -4.74. The van der Waals surface area contributed by atoms with Gasteiger partial charge in [-0.15, -0.1) is 0 Å². The summed E-state index contributed by atoms with van der Waals surface area (Å²) in [7, 11) is -4.62. The highest BCUT2D eigenvalue weighted by Crippen LogP contribution is 2.19. The Labute approximate surface area is 117 Å². The molecule has 0 aliphatic carbocycles. The van der Waals surface area contributed by atoms with Crippen LogP contribution in [0.25, 0.3) is 0 Å². The SMILES string of the molecule is CC(=O)Nc1ccc(S(=O)(=O)NOCC(F)(F)F)c(F)c1. The fourth-order valence-electron chi connectivity index (χ4n) is 1.23. The van der Waals surface area contributed by atoms with Gasteiger partial charge in [0.2, 0.25) is 5.91 Å². The van der Waals surface area contributed by atoms with Gasteiger partial charge in [0.05, 0.1) is 0 Å². The van der Waals surface area contributed by atoms with Crippen LogP contribution in [0.4, 0.5) is 23.2 Å². The molecule has 0 radical (unpaired) electrons. The standard InChI is InChI=1S/C10H10F4N2O4S/c1-6(17)15-7-2-3-9(8(11)4-7)21(18,19)16-20-5-10(12,13)14/h2-4,16H,5H2,1H3,(H,15,17). The van der Waals surface area contributed by atoms with Crippen molar-refractivity contribution in [1.82, 2.24) is 4.89 Å². The fourth-order valence-corrected chi connectivity index (χ4v) is 2.10. The summed E-state index contributed by atoms with van der Waals surface area (Å²) in [5, 5.41) is 2.21. The van der Waals surface area contributed by atoms with Crippen molar-refractivity contribution in [3.8, 4) is 0 Å². The van der Waals surface area contributed by atoms with E-state index in [1.54, 1.807) is 0 Å². The Hall–Kier alpha value is -1.72. The van der Waals surface area contributed by atoms with Crippen molar-refractivity contribution in [2.75, 3.05) is 11.9 Å². The summed E-state index contributed by atoms with van der Waals surface area (Å²) in [6.45, 7) is -0.701. The lowest BCUT2D eigenvalue weighted by molar-refractivity contribution is -0.181. The van der Waals surface area contributed by atoms with Gasteiger partial charge in [0.25, 0.3) is 10.0 Å². The van der Waals surface area contributed by atoms with Crippen molar-refractivity contribution in [3.05, 3.63) is 24.0 Å². The normalized spacial score (nSPS) is 12.2. The molecule has 0 aromatic heterocycles. The van der Waals surface area contributed by atoms with Crippen LogP contribution in [0.2, 0.25) is 0 Å². The molecule has 118 valence electrons. The largest absolute Gasteiger partial charge is 0.413 e.